The van der Waals surface area contributed by atoms with Crippen molar-refractivity contribution < 1.29 is 14.4 Å². The van der Waals surface area contributed by atoms with Crippen molar-refractivity contribution in [2.75, 3.05) is 14.2 Å². The highest BCUT2D eigenvalue weighted by molar-refractivity contribution is 14.1. The van der Waals surface area contributed by atoms with Gasteiger partial charge in [0.15, 0.2) is 6.10 Å². The van der Waals surface area contributed by atoms with Crippen molar-refractivity contribution in [3.05, 3.63) is 27.3 Å². The Morgan fingerprint density at radius 3 is 3.06 bits per heavy atom. The molecule has 0 saturated carbocycles. The van der Waals surface area contributed by atoms with Crippen LogP contribution in [0.25, 0.3) is 0 Å². The summed E-state index contributed by atoms with van der Waals surface area (Å²) in [5.41, 5.74) is 1.08. The van der Waals surface area contributed by atoms with E-state index in [2.05, 4.69) is 22.6 Å². The highest BCUT2D eigenvalue weighted by Crippen LogP contribution is 2.30. The predicted molar refractivity (Wildman–Crippen MR) is 67.1 cm³/mol. The van der Waals surface area contributed by atoms with E-state index in [4.69, 9.17) is 9.57 Å². The number of hydrogen-bond donors (Lipinski definition) is 0. The minimum atomic E-state index is -0.460. The van der Waals surface area contributed by atoms with Gasteiger partial charge in [-0.25, -0.2) is 5.06 Å². The molecule has 1 atom stereocenters. The maximum absolute atomic E-state index is 11.8. The molecule has 1 aromatic carbocycles. The molecule has 16 heavy (non-hydrogen) atoms. The first-order chi connectivity index (χ1) is 7.61. The first-order valence-corrected chi connectivity index (χ1v) is 5.96. The summed E-state index contributed by atoms with van der Waals surface area (Å²) in [6, 6.07) is 5.90. The molecule has 0 saturated heterocycles. The Balaban J connectivity index is 2.14. The first kappa shape index (κ1) is 11.7. The molecule has 86 valence electrons. The van der Waals surface area contributed by atoms with Gasteiger partial charge in [-0.15, -0.1) is 0 Å². The highest BCUT2D eigenvalue weighted by Gasteiger charge is 2.31. The van der Waals surface area contributed by atoms with Crippen molar-refractivity contribution in [3.63, 3.8) is 0 Å². The number of nitrogens with zero attached hydrogens (tertiary/aromatic N) is 1. The van der Waals surface area contributed by atoms with Crippen LogP contribution in [0.2, 0.25) is 0 Å². The van der Waals surface area contributed by atoms with Crippen molar-refractivity contribution in [1.29, 1.82) is 0 Å². The largest absolute Gasteiger partial charge is 0.480 e. The second-order valence-electron chi connectivity index (χ2n) is 3.58. The third-order valence-corrected chi connectivity index (χ3v) is 3.23. The fraction of sp³-hybridized carbons (Fsp3) is 0.364. The van der Waals surface area contributed by atoms with Gasteiger partial charge in [0.05, 0.1) is 7.11 Å². The number of hydroxylamine groups is 2. The quantitative estimate of drug-likeness (QED) is 0.610. The lowest BCUT2D eigenvalue weighted by atomic mass is 10.1. The fourth-order valence-electron chi connectivity index (χ4n) is 1.65. The molecule has 1 heterocycles. The number of hydrogen-bond acceptors (Lipinski definition) is 3. The third kappa shape index (κ3) is 2.15. The molecule has 0 radical (unpaired) electrons. The van der Waals surface area contributed by atoms with Gasteiger partial charge < -0.3 is 4.74 Å². The maximum atomic E-state index is 11.8. The van der Waals surface area contributed by atoms with Crippen LogP contribution in [-0.2, 0) is 16.1 Å². The van der Waals surface area contributed by atoms with Crippen LogP contribution in [0, 0.1) is 3.57 Å². The molecule has 1 aromatic rings. The molecule has 1 aliphatic rings. The van der Waals surface area contributed by atoms with E-state index in [0.717, 1.165) is 14.9 Å². The Bertz CT molecular complexity index is 422. The summed E-state index contributed by atoms with van der Waals surface area (Å²) >= 11 is 2.24. The summed E-state index contributed by atoms with van der Waals surface area (Å²) in [6.07, 6.45) is 0.150. The Morgan fingerprint density at radius 2 is 2.38 bits per heavy atom. The summed E-state index contributed by atoms with van der Waals surface area (Å²) in [7, 11) is 3.04. The zero-order valence-corrected chi connectivity index (χ0v) is 11.2. The fourth-order valence-corrected chi connectivity index (χ4v) is 2.20. The van der Waals surface area contributed by atoms with Crippen LogP contribution < -0.4 is 4.74 Å². The smallest absolute Gasteiger partial charge is 0.287 e. The highest BCUT2D eigenvalue weighted by atomic mass is 127. The Kier molecular flexibility index (Phi) is 3.34. The molecular formula is C11H12INO3. The summed E-state index contributed by atoms with van der Waals surface area (Å²) in [4.78, 5) is 16.7. The molecule has 0 N–H and O–H groups in total. The van der Waals surface area contributed by atoms with Crippen molar-refractivity contribution in [2.45, 2.75) is 12.5 Å². The maximum Gasteiger partial charge on any atom is 0.287 e. The van der Waals surface area contributed by atoms with Gasteiger partial charge in [0, 0.05) is 17.0 Å². The number of fused-ring (bicyclic) bond motifs is 1. The molecule has 2 rings (SSSR count). The molecule has 1 aliphatic heterocycles. The number of amides is 1. The van der Waals surface area contributed by atoms with E-state index in [1.54, 1.807) is 7.05 Å². The third-order valence-electron chi connectivity index (χ3n) is 2.56. The number of ether oxygens (including phenoxy) is 1. The van der Waals surface area contributed by atoms with E-state index < -0.39 is 6.10 Å². The van der Waals surface area contributed by atoms with Crippen molar-refractivity contribution in [2.24, 2.45) is 0 Å². The van der Waals surface area contributed by atoms with Crippen molar-refractivity contribution >= 4 is 28.5 Å². The van der Waals surface area contributed by atoms with Gasteiger partial charge in [-0.3, -0.25) is 9.63 Å². The number of halogens is 1. The minimum Gasteiger partial charge on any atom is -0.480 e. The molecule has 1 amide bonds. The number of rotatable bonds is 2. The number of carbonyl (C=O) groups excluding carboxylic acids is 1. The summed E-state index contributed by atoms with van der Waals surface area (Å²) in [5.74, 6) is 0.636. The molecule has 0 bridgehead atoms. The second kappa shape index (κ2) is 4.58. The minimum absolute atomic E-state index is 0.159. The second-order valence-corrected chi connectivity index (χ2v) is 4.83. The van der Waals surface area contributed by atoms with Crippen LogP contribution >= 0.6 is 22.6 Å². The molecule has 0 aromatic heterocycles. The SMILES string of the molecule is CON(C)C(=O)C1Cc2cc(I)ccc2O1. The van der Waals surface area contributed by atoms with Crippen molar-refractivity contribution in [1.82, 2.24) is 5.06 Å². The van der Waals surface area contributed by atoms with Crippen molar-refractivity contribution in [3.8, 4) is 5.75 Å². The number of likely N-dealkylation sites (N-methyl/N-ethyl adjacent to an activating group) is 1. The van der Waals surface area contributed by atoms with Gasteiger partial charge in [0.25, 0.3) is 5.91 Å². The first-order valence-electron chi connectivity index (χ1n) is 4.88. The van der Waals surface area contributed by atoms with Gasteiger partial charge in [0.2, 0.25) is 0 Å². The normalized spacial score (nSPS) is 17.8. The van der Waals surface area contributed by atoms with Crippen LogP contribution in [0.3, 0.4) is 0 Å². The van der Waals surface area contributed by atoms with Gasteiger partial charge in [-0.05, 0) is 46.4 Å². The van der Waals surface area contributed by atoms with E-state index >= 15 is 0 Å². The zero-order valence-electron chi connectivity index (χ0n) is 9.07. The Hall–Kier alpha value is -0.820. The van der Waals surface area contributed by atoms with Gasteiger partial charge in [-0.2, -0.15) is 0 Å². The molecule has 4 nitrogen and oxygen atoms in total. The monoisotopic (exact) mass is 333 g/mol. The van der Waals surface area contributed by atoms with Crippen LogP contribution in [0.1, 0.15) is 5.56 Å². The zero-order chi connectivity index (χ0) is 11.7. The van der Waals surface area contributed by atoms with Gasteiger partial charge >= 0.3 is 0 Å². The van der Waals surface area contributed by atoms with E-state index in [9.17, 15) is 4.79 Å². The molecular weight excluding hydrogens is 321 g/mol. The summed E-state index contributed by atoms with van der Waals surface area (Å²) in [6.45, 7) is 0. The molecule has 0 aliphatic carbocycles. The average Bonchev–Trinajstić information content (AvgIpc) is 2.69. The van der Waals surface area contributed by atoms with E-state index in [1.165, 1.54) is 12.2 Å². The molecule has 0 spiro atoms. The van der Waals surface area contributed by atoms with Crippen LogP contribution in [-0.4, -0.2) is 31.2 Å². The van der Waals surface area contributed by atoms with Gasteiger partial charge in [-0.1, -0.05) is 0 Å². The van der Waals surface area contributed by atoms with E-state index in [0.29, 0.717) is 6.42 Å². The number of carbonyl (C=O) groups is 1. The van der Waals surface area contributed by atoms with Crippen LogP contribution in [0.5, 0.6) is 5.75 Å². The molecule has 0 fully saturated rings. The number of benzene rings is 1. The average molecular weight is 333 g/mol. The Morgan fingerprint density at radius 1 is 1.62 bits per heavy atom. The Labute approximate surface area is 108 Å². The van der Waals surface area contributed by atoms with E-state index in [1.807, 2.05) is 18.2 Å². The van der Waals surface area contributed by atoms with Gasteiger partial charge in [0.1, 0.15) is 5.75 Å². The van der Waals surface area contributed by atoms with E-state index in [-0.39, 0.29) is 5.91 Å². The standard InChI is InChI=1S/C11H12INO3/c1-13(15-2)11(14)10-6-7-5-8(12)3-4-9(7)16-10/h3-5,10H,6H2,1-2H3. The molecule has 1 unspecified atom stereocenters. The predicted octanol–water partition coefficient (Wildman–Crippen LogP) is 1.61. The van der Waals surface area contributed by atoms with Crippen LogP contribution in [0.15, 0.2) is 18.2 Å². The van der Waals surface area contributed by atoms with Crippen LogP contribution in [0.4, 0.5) is 0 Å². The summed E-state index contributed by atoms with van der Waals surface area (Å²) in [5, 5.41) is 1.20. The topological polar surface area (TPSA) is 38.8 Å². The lowest BCUT2D eigenvalue weighted by molar-refractivity contribution is -0.175. The molecule has 5 heteroatoms. The summed E-state index contributed by atoms with van der Waals surface area (Å²) < 4.78 is 6.72. The lowest BCUT2D eigenvalue weighted by Gasteiger charge is -2.17. The lowest BCUT2D eigenvalue weighted by Crippen LogP contribution is -2.38.